The lowest BCUT2D eigenvalue weighted by Gasteiger charge is -2.31. The zero-order valence-corrected chi connectivity index (χ0v) is 33.4. The average Bonchev–Trinajstić information content (AvgIpc) is 3.23. The first-order chi connectivity index (χ1) is 25.4. The number of anilines is 1. The second-order valence-electron chi connectivity index (χ2n) is 14.7. The van der Waals surface area contributed by atoms with Crippen LogP contribution >= 0.6 is 24.0 Å². The Kier molecular flexibility index (Phi) is 15.7. The van der Waals surface area contributed by atoms with Crippen LogP contribution < -0.4 is 19.7 Å². The highest BCUT2D eigenvalue weighted by Gasteiger charge is 2.40. The van der Waals surface area contributed by atoms with E-state index in [1.807, 2.05) is 51.1 Å². The lowest BCUT2D eigenvalue weighted by atomic mass is 9.94. The second-order valence-corrected chi connectivity index (χ2v) is 15.2. The Hall–Kier alpha value is -4.15. The maximum Gasteiger partial charge on any atom is 0.256 e. The number of nitrogens with one attached hydrogen (secondary N) is 1. The molecule has 0 spiro atoms. The van der Waals surface area contributed by atoms with Crippen LogP contribution in [-0.2, 0) is 27.3 Å². The van der Waals surface area contributed by atoms with Crippen LogP contribution in [0.1, 0.15) is 68.4 Å². The zero-order valence-electron chi connectivity index (χ0n) is 31.8. The van der Waals surface area contributed by atoms with Crippen molar-refractivity contribution in [2.75, 3.05) is 45.3 Å². The number of halogens is 3. The van der Waals surface area contributed by atoms with Gasteiger partial charge in [0.05, 0.1) is 20.1 Å². The summed E-state index contributed by atoms with van der Waals surface area (Å²) in [5.41, 5.74) is 3.34. The van der Waals surface area contributed by atoms with E-state index in [4.69, 9.17) is 25.8 Å². The number of hydrogen-bond acceptors (Lipinski definition) is 6. The van der Waals surface area contributed by atoms with Crippen molar-refractivity contribution < 1.29 is 28.2 Å². The maximum atomic E-state index is 14.4. The van der Waals surface area contributed by atoms with Gasteiger partial charge >= 0.3 is 0 Å². The first-order valence-electron chi connectivity index (χ1n) is 18.2. The monoisotopic (exact) mass is 779 g/mol. The Morgan fingerprint density at radius 1 is 0.963 bits per heavy atom. The molecule has 0 aliphatic carbocycles. The number of methoxy groups -OCH3 is 1. The van der Waals surface area contributed by atoms with Gasteiger partial charge in [-0.1, -0.05) is 93.0 Å². The van der Waals surface area contributed by atoms with E-state index in [-0.39, 0.29) is 36.7 Å². The molecule has 11 heteroatoms. The quantitative estimate of drug-likeness (QED) is 0.115. The highest BCUT2D eigenvalue weighted by molar-refractivity contribution is 6.30. The summed E-state index contributed by atoms with van der Waals surface area (Å²) in [6, 6.07) is 27.7. The van der Waals surface area contributed by atoms with E-state index in [0.717, 1.165) is 32.4 Å². The van der Waals surface area contributed by atoms with Gasteiger partial charge in [-0.15, -0.1) is 12.4 Å². The van der Waals surface area contributed by atoms with Gasteiger partial charge in [0.15, 0.2) is 11.5 Å². The lowest BCUT2D eigenvalue weighted by Crippen LogP contribution is -2.45. The number of aryl methyl sites for hydroxylation is 1. The number of ether oxygens (including phenoxy) is 3. The van der Waals surface area contributed by atoms with Crippen LogP contribution in [0, 0.1) is 11.2 Å². The third-order valence-electron chi connectivity index (χ3n) is 9.13. The predicted molar refractivity (Wildman–Crippen MR) is 215 cm³/mol. The molecule has 2 amide bonds. The summed E-state index contributed by atoms with van der Waals surface area (Å²) in [5, 5.41) is 3.24. The summed E-state index contributed by atoms with van der Waals surface area (Å²) < 4.78 is 33.3. The fraction of sp³-hybridized carbons (Fsp3) is 0.395. The van der Waals surface area contributed by atoms with Crippen molar-refractivity contribution in [3.63, 3.8) is 0 Å². The summed E-state index contributed by atoms with van der Waals surface area (Å²) in [6.45, 7) is 8.81. The van der Waals surface area contributed by atoms with E-state index in [2.05, 4.69) is 41.5 Å². The fourth-order valence-corrected chi connectivity index (χ4v) is 6.74. The summed E-state index contributed by atoms with van der Waals surface area (Å²) in [4.78, 5) is 31.7. The van der Waals surface area contributed by atoms with Crippen molar-refractivity contribution in [3.8, 4) is 11.5 Å². The molecule has 0 saturated carbocycles. The van der Waals surface area contributed by atoms with Crippen LogP contribution in [-0.4, -0.2) is 63.2 Å². The number of fused-ring (bicyclic) bond motifs is 1. The van der Waals surface area contributed by atoms with Crippen molar-refractivity contribution in [1.82, 2.24) is 10.2 Å². The molecule has 1 aliphatic heterocycles. The molecule has 5 rings (SSSR count). The number of rotatable bonds is 16. The Balaban J connectivity index is 0.00000650. The Bertz CT molecular complexity index is 1840. The molecule has 1 N–H and O–H groups in total. The minimum atomic E-state index is -1.17. The molecule has 0 aromatic heterocycles. The van der Waals surface area contributed by atoms with Crippen molar-refractivity contribution in [1.29, 1.82) is 0 Å². The summed E-state index contributed by atoms with van der Waals surface area (Å²) in [6.07, 6.45) is 0.658. The fourth-order valence-electron chi connectivity index (χ4n) is 6.56. The number of amides is 2. The van der Waals surface area contributed by atoms with Gasteiger partial charge in [0.25, 0.3) is 5.91 Å². The van der Waals surface area contributed by atoms with E-state index >= 15 is 0 Å². The van der Waals surface area contributed by atoms with Gasteiger partial charge in [-0.2, -0.15) is 0 Å². The predicted octanol–water partition coefficient (Wildman–Crippen LogP) is 8.82. The molecule has 0 fully saturated rings. The van der Waals surface area contributed by atoms with Crippen LogP contribution in [0.25, 0.3) is 0 Å². The number of nitrogens with zero attached hydrogens (tertiary/aromatic N) is 2. The number of benzene rings is 4. The minimum absolute atomic E-state index is 0. The SMILES string of the molecule is COc1c(OCCCN(C)CCCc2ccccc2)cccc1C1OC(CC(=O)NCc2ccccc2F)C(=O)N(CC(C)(C)C)c2ccc(Cl)cc21.Cl. The normalized spacial score (nSPS) is 15.6. The molecule has 1 aliphatic rings. The largest absolute Gasteiger partial charge is 0.492 e. The van der Waals surface area contributed by atoms with Crippen molar-refractivity contribution in [3.05, 3.63) is 124 Å². The third kappa shape index (κ3) is 11.7. The second kappa shape index (κ2) is 20.0. The Labute approximate surface area is 330 Å². The highest BCUT2D eigenvalue weighted by atomic mass is 35.5. The summed E-state index contributed by atoms with van der Waals surface area (Å²) in [5.74, 6) is -0.201. The molecule has 0 bridgehead atoms. The van der Waals surface area contributed by atoms with E-state index < -0.39 is 23.9 Å². The highest BCUT2D eigenvalue weighted by Crippen LogP contribution is 2.45. The maximum absolute atomic E-state index is 14.4. The first-order valence-corrected chi connectivity index (χ1v) is 18.6. The molecule has 2 unspecified atom stereocenters. The Morgan fingerprint density at radius 3 is 2.41 bits per heavy atom. The smallest absolute Gasteiger partial charge is 0.256 e. The topological polar surface area (TPSA) is 80.3 Å². The number of hydrogen-bond donors (Lipinski definition) is 1. The Morgan fingerprint density at radius 2 is 1.69 bits per heavy atom. The molecule has 2 atom stereocenters. The molecule has 4 aromatic rings. The van der Waals surface area contributed by atoms with E-state index in [1.54, 1.807) is 42.3 Å². The molecule has 54 heavy (non-hydrogen) atoms. The zero-order chi connectivity index (χ0) is 38.0. The van der Waals surface area contributed by atoms with Crippen molar-refractivity contribution >= 4 is 41.5 Å². The first kappa shape index (κ1) is 42.6. The van der Waals surface area contributed by atoms with Gasteiger partial charge in [0.2, 0.25) is 5.91 Å². The number of carbonyl (C=O) groups is 2. The summed E-state index contributed by atoms with van der Waals surface area (Å²) in [7, 11) is 3.70. The molecular formula is C43H52Cl2FN3O5. The van der Waals surface area contributed by atoms with Crippen LogP contribution in [0.4, 0.5) is 10.1 Å². The molecule has 290 valence electrons. The molecule has 0 radical (unpaired) electrons. The van der Waals surface area contributed by atoms with Crippen LogP contribution in [0.2, 0.25) is 5.02 Å². The van der Waals surface area contributed by atoms with Gasteiger partial charge < -0.3 is 29.3 Å². The van der Waals surface area contributed by atoms with Gasteiger partial charge in [0.1, 0.15) is 18.0 Å². The standard InChI is InChI=1S/C43H51ClFN3O5.ClH/c1-43(2,3)29-48-36-22-21-32(44)26-34(36)40(53-38(42(48)50)27-39(49)46-28-31-17-9-10-19-35(31)45)33-18-11-20-37(41(33)51-5)52-25-13-24-47(4)23-12-16-30-14-7-6-8-15-30;/h6-11,14-15,17-22,26,38,40H,12-13,16,23-25,27-29H2,1-5H3,(H,46,49);1H. The van der Waals surface area contributed by atoms with E-state index in [9.17, 15) is 14.0 Å². The van der Waals surface area contributed by atoms with E-state index in [0.29, 0.717) is 52.1 Å². The minimum Gasteiger partial charge on any atom is -0.492 e. The average molecular weight is 781 g/mol. The lowest BCUT2D eigenvalue weighted by molar-refractivity contribution is -0.138. The molecule has 4 aromatic carbocycles. The van der Waals surface area contributed by atoms with Crippen LogP contribution in [0.3, 0.4) is 0 Å². The van der Waals surface area contributed by atoms with Crippen molar-refractivity contribution in [2.45, 2.75) is 65.2 Å². The van der Waals surface area contributed by atoms with Crippen LogP contribution in [0.15, 0.2) is 91.0 Å². The number of carbonyl (C=O) groups excluding carboxylic acids is 2. The van der Waals surface area contributed by atoms with Gasteiger partial charge in [-0.25, -0.2) is 4.39 Å². The number of para-hydroxylation sites is 1. The molecule has 1 heterocycles. The summed E-state index contributed by atoms with van der Waals surface area (Å²) >= 11 is 6.60. The molecule has 0 saturated heterocycles. The third-order valence-corrected chi connectivity index (χ3v) is 9.36. The van der Waals surface area contributed by atoms with Crippen LogP contribution in [0.5, 0.6) is 11.5 Å². The van der Waals surface area contributed by atoms with E-state index in [1.165, 1.54) is 11.6 Å². The van der Waals surface area contributed by atoms with Gasteiger partial charge in [-0.05, 0) is 74.2 Å². The molecular weight excluding hydrogens is 728 g/mol. The van der Waals surface area contributed by atoms with Crippen molar-refractivity contribution in [2.24, 2.45) is 5.41 Å². The molecule has 8 nitrogen and oxygen atoms in total. The van der Waals surface area contributed by atoms with Gasteiger partial charge in [-0.3, -0.25) is 9.59 Å². The van der Waals surface area contributed by atoms with Gasteiger partial charge in [0, 0.05) is 47.0 Å².